The molecule has 0 aliphatic heterocycles. The van der Waals surface area contributed by atoms with Gasteiger partial charge in [-0.1, -0.05) is 13.3 Å². The number of aliphatic hydroxyl groups is 1. The van der Waals surface area contributed by atoms with Crippen LogP contribution >= 0.6 is 0 Å². The molecule has 0 heterocycles. The van der Waals surface area contributed by atoms with Crippen LogP contribution in [0.2, 0.25) is 0 Å². The fourth-order valence-electron chi connectivity index (χ4n) is 1.12. The minimum atomic E-state index is -0.464. The molecule has 13 heavy (non-hydrogen) atoms. The molecule has 1 aromatic carbocycles. The first-order chi connectivity index (χ1) is 6.22. The standard InChI is InChI=1S/C10H16N2O/c1-2-3-10(13)12-9-6-4-8(11)5-7-9/h4-7,10,12-13H,2-3,11H2,1H3. The van der Waals surface area contributed by atoms with Gasteiger partial charge in [-0.2, -0.15) is 0 Å². The molecule has 0 aromatic heterocycles. The lowest BCUT2D eigenvalue weighted by Gasteiger charge is -2.12. The van der Waals surface area contributed by atoms with Gasteiger partial charge in [0.05, 0.1) is 0 Å². The van der Waals surface area contributed by atoms with Crippen molar-refractivity contribution in [2.45, 2.75) is 26.0 Å². The second-order valence-corrected chi connectivity index (χ2v) is 3.07. The topological polar surface area (TPSA) is 58.3 Å². The molecule has 0 radical (unpaired) electrons. The molecule has 4 N–H and O–H groups in total. The summed E-state index contributed by atoms with van der Waals surface area (Å²) in [7, 11) is 0. The molecule has 1 rings (SSSR count). The van der Waals surface area contributed by atoms with Crippen molar-refractivity contribution in [1.82, 2.24) is 0 Å². The zero-order chi connectivity index (χ0) is 9.68. The minimum Gasteiger partial charge on any atom is -0.399 e. The van der Waals surface area contributed by atoms with E-state index in [0.717, 1.165) is 24.2 Å². The lowest BCUT2D eigenvalue weighted by atomic mass is 10.2. The van der Waals surface area contributed by atoms with Gasteiger partial charge in [-0.15, -0.1) is 0 Å². The minimum absolute atomic E-state index is 0.464. The summed E-state index contributed by atoms with van der Waals surface area (Å²) in [6.45, 7) is 2.04. The Balaban J connectivity index is 2.49. The lowest BCUT2D eigenvalue weighted by molar-refractivity contribution is 0.192. The van der Waals surface area contributed by atoms with Crippen molar-refractivity contribution in [3.63, 3.8) is 0 Å². The molecular weight excluding hydrogens is 164 g/mol. The van der Waals surface area contributed by atoms with E-state index in [-0.39, 0.29) is 0 Å². The monoisotopic (exact) mass is 180 g/mol. The molecule has 0 spiro atoms. The Morgan fingerprint density at radius 1 is 1.38 bits per heavy atom. The van der Waals surface area contributed by atoms with Gasteiger partial charge in [-0.25, -0.2) is 0 Å². The molecule has 0 saturated heterocycles. The molecule has 72 valence electrons. The van der Waals surface area contributed by atoms with Gasteiger partial charge in [0, 0.05) is 11.4 Å². The van der Waals surface area contributed by atoms with Crippen LogP contribution in [0, 0.1) is 0 Å². The third-order valence-corrected chi connectivity index (χ3v) is 1.81. The highest BCUT2D eigenvalue weighted by Gasteiger charge is 2.00. The van der Waals surface area contributed by atoms with Crippen LogP contribution < -0.4 is 11.1 Å². The fraction of sp³-hybridized carbons (Fsp3) is 0.400. The van der Waals surface area contributed by atoms with E-state index in [4.69, 9.17) is 5.73 Å². The second kappa shape index (κ2) is 4.72. The average Bonchev–Trinajstić information content (AvgIpc) is 2.09. The number of hydrogen-bond donors (Lipinski definition) is 3. The Morgan fingerprint density at radius 3 is 2.54 bits per heavy atom. The Morgan fingerprint density at radius 2 is 2.00 bits per heavy atom. The molecule has 0 aliphatic carbocycles. The first kappa shape index (κ1) is 9.86. The van der Waals surface area contributed by atoms with Gasteiger partial charge >= 0.3 is 0 Å². The SMILES string of the molecule is CCCC(O)Nc1ccc(N)cc1. The van der Waals surface area contributed by atoms with E-state index in [9.17, 15) is 5.11 Å². The number of nitrogen functional groups attached to an aromatic ring is 1. The van der Waals surface area contributed by atoms with Crippen molar-refractivity contribution >= 4 is 11.4 Å². The Kier molecular flexibility index (Phi) is 3.58. The van der Waals surface area contributed by atoms with E-state index in [1.165, 1.54) is 0 Å². The third-order valence-electron chi connectivity index (χ3n) is 1.81. The molecule has 1 aromatic rings. The van der Waals surface area contributed by atoms with Crippen molar-refractivity contribution in [2.75, 3.05) is 11.1 Å². The summed E-state index contributed by atoms with van der Waals surface area (Å²) in [5.74, 6) is 0. The highest BCUT2D eigenvalue weighted by Crippen LogP contribution is 2.12. The maximum Gasteiger partial charge on any atom is 0.124 e. The summed E-state index contributed by atoms with van der Waals surface area (Å²) >= 11 is 0. The van der Waals surface area contributed by atoms with Crippen LogP contribution in [-0.2, 0) is 0 Å². The fourth-order valence-corrected chi connectivity index (χ4v) is 1.12. The molecule has 0 saturated carbocycles. The van der Waals surface area contributed by atoms with E-state index in [0.29, 0.717) is 0 Å². The Bertz CT molecular complexity index is 246. The van der Waals surface area contributed by atoms with Crippen molar-refractivity contribution in [2.24, 2.45) is 0 Å². The first-order valence-corrected chi connectivity index (χ1v) is 4.52. The lowest BCUT2D eigenvalue weighted by Crippen LogP contribution is -2.17. The van der Waals surface area contributed by atoms with Gasteiger partial charge in [0.15, 0.2) is 0 Å². The molecule has 0 fully saturated rings. The number of anilines is 2. The zero-order valence-corrected chi connectivity index (χ0v) is 7.83. The Labute approximate surface area is 78.6 Å². The highest BCUT2D eigenvalue weighted by atomic mass is 16.3. The summed E-state index contributed by atoms with van der Waals surface area (Å²) in [4.78, 5) is 0. The Hall–Kier alpha value is -1.22. The number of nitrogens with one attached hydrogen (secondary N) is 1. The summed E-state index contributed by atoms with van der Waals surface area (Å²) in [6.07, 6.45) is 1.25. The van der Waals surface area contributed by atoms with Crippen molar-refractivity contribution in [3.8, 4) is 0 Å². The molecule has 1 unspecified atom stereocenters. The van der Waals surface area contributed by atoms with Crippen molar-refractivity contribution in [1.29, 1.82) is 0 Å². The van der Waals surface area contributed by atoms with Crippen LogP contribution in [-0.4, -0.2) is 11.3 Å². The van der Waals surface area contributed by atoms with Crippen LogP contribution in [0.1, 0.15) is 19.8 Å². The number of hydrogen-bond acceptors (Lipinski definition) is 3. The summed E-state index contributed by atoms with van der Waals surface area (Å²) in [6, 6.07) is 7.32. The van der Waals surface area contributed by atoms with Crippen LogP contribution in [0.25, 0.3) is 0 Å². The number of benzene rings is 1. The smallest absolute Gasteiger partial charge is 0.124 e. The van der Waals surface area contributed by atoms with Gasteiger partial charge in [0.2, 0.25) is 0 Å². The van der Waals surface area contributed by atoms with Gasteiger partial charge in [-0.3, -0.25) is 0 Å². The largest absolute Gasteiger partial charge is 0.399 e. The quantitative estimate of drug-likeness (QED) is 0.489. The predicted molar refractivity (Wildman–Crippen MR) is 55.4 cm³/mol. The third kappa shape index (κ3) is 3.34. The molecule has 0 bridgehead atoms. The van der Waals surface area contributed by atoms with Crippen molar-refractivity contribution < 1.29 is 5.11 Å². The molecule has 0 amide bonds. The van der Waals surface area contributed by atoms with Gasteiger partial charge in [0.25, 0.3) is 0 Å². The second-order valence-electron chi connectivity index (χ2n) is 3.07. The summed E-state index contributed by atoms with van der Waals surface area (Å²) < 4.78 is 0. The van der Waals surface area contributed by atoms with E-state index in [1.54, 1.807) is 12.1 Å². The van der Waals surface area contributed by atoms with E-state index < -0.39 is 6.23 Å². The van der Waals surface area contributed by atoms with E-state index >= 15 is 0 Å². The van der Waals surface area contributed by atoms with Crippen LogP contribution in [0.4, 0.5) is 11.4 Å². The molecule has 0 aliphatic rings. The molecule has 1 atom stereocenters. The van der Waals surface area contributed by atoms with Gasteiger partial charge in [0.1, 0.15) is 6.23 Å². The number of aliphatic hydroxyl groups excluding tert-OH is 1. The number of nitrogens with two attached hydrogens (primary N) is 1. The summed E-state index contributed by atoms with van der Waals surface area (Å²) in [5, 5.41) is 12.4. The van der Waals surface area contributed by atoms with Crippen LogP contribution in [0.3, 0.4) is 0 Å². The maximum absolute atomic E-state index is 9.43. The normalized spacial score (nSPS) is 12.5. The van der Waals surface area contributed by atoms with E-state index in [2.05, 4.69) is 5.32 Å². The summed E-state index contributed by atoms with van der Waals surface area (Å²) in [5.41, 5.74) is 7.16. The van der Waals surface area contributed by atoms with Gasteiger partial charge < -0.3 is 16.2 Å². The van der Waals surface area contributed by atoms with Crippen LogP contribution in [0.5, 0.6) is 0 Å². The van der Waals surface area contributed by atoms with Crippen LogP contribution in [0.15, 0.2) is 24.3 Å². The zero-order valence-electron chi connectivity index (χ0n) is 7.83. The molecule has 3 heteroatoms. The maximum atomic E-state index is 9.43. The average molecular weight is 180 g/mol. The molecule has 3 nitrogen and oxygen atoms in total. The predicted octanol–water partition coefficient (Wildman–Crippen LogP) is 1.80. The highest BCUT2D eigenvalue weighted by molar-refractivity contribution is 5.51. The van der Waals surface area contributed by atoms with Gasteiger partial charge in [-0.05, 0) is 30.7 Å². The molecular formula is C10H16N2O. The van der Waals surface area contributed by atoms with Crippen molar-refractivity contribution in [3.05, 3.63) is 24.3 Å². The van der Waals surface area contributed by atoms with E-state index in [1.807, 2.05) is 19.1 Å². The first-order valence-electron chi connectivity index (χ1n) is 4.52. The number of rotatable bonds is 4.